The molecule has 2 N–H and O–H groups in total. The Balaban J connectivity index is 1.58. The number of amides is 2. The molecule has 0 saturated heterocycles. The molecule has 0 atom stereocenters. The van der Waals surface area contributed by atoms with Crippen LogP contribution in [0.2, 0.25) is 5.02 Å². The summed E-state index contributed by atoms with van der Waals surface area (Å²) in [6, 6.07) is 12.3. The molecule has 11 heteroatoms. The molecule has 2 amide bonds. The number of anilines is 2. The number of methoxy groups -OCH3 is 1. The number of rotatable bonds is 9. The van der Waals surface area contributed by atoms with Crippen LogP contribution in [-0.2, 0) is 22.6 Å². The number of benzene rings is 2. The molecule has 2 aromatic carbocycles. The molecule has 8 nitrogen and oxygen atoms in total. The second-order valence-corrected chi connectivity index (χ2v) is 8.77. The van der Waals surface area contributed by atoms with E-state index in [0.717, 1.165) is 4.47 Å². The molecule has 1 aromatic heterocycles. The van der Waals surface area contributed by atoms with Crippen molar-refractivity contribution >= 4 is 62.5 Å². The highest BCUT2D eigenvalue weighted by Gasteiger charge is 2.16. The van der Waals surface area contributed by atoms with E-state index in [1.807, 2.05) is 11.5 Å². The summed E-state index contributed by atoms with van der Waals surface area (Å²) in [6.45, 7) is 2.50. The van der Waals surface area contributed by atoms with Crippen molar-refractivity contribution < 1.29 is 14.3 Å². The standard InChI is InChI=1S/C21H21BrClN5O3S/c1-3-28-18(11-19(29)24-13-5-4-6-15(9-13)31-2)26-27-21(28)32-12-20(30)25-14-7-8-16(22)17(23)10-14/h4-10H,3,11-12H2,1-2H3,(H,24,29)(H,25,30). The summed E-state index contributed by atoms with van der Waals surface area (Å²) >= 11 is 10.6. The van der Waals surface area contributed by atoms with Crippen LogP contribution in [0.4, 0.5) is 11.4 Å². The van der Waals surface area contributed by atoms with E-state index < -0.39 is 0 Å². The quantitative estimate of drug-likeness (QED) is 0.385. The van der Waals surface area contributed by atoms with Crippen LogP contribution in [0, 0.1) is 0 Å². The van der Waals surface area contributed by atoms with Crippen LogP contribution in [0.5, 0.6) is 5.75 Å². The summed E-state index contributed by atoms with van der Waals surface area (Å²) in [6.07, 6.45) is 0.0577. The van der Waals surface area contributed by atoms with Crippen molar-refractivity contribution in [1.82, 2.24) is 14.8 Å². The summed E-state index contributed by atoms with van der Waals surface area (Å²) in [7, 11) is 1.57. The van der Waals surface area contributed by atoms with Crippen LogP contribution >= 0.6 is 39.3 Å². The van der Waals surface area contributed by atoms with Gasteiger partial charge in [0.05, 0.1) is 24.3 Å². The number of thioether (sulfide) groups is 1. The monoisotopic (exact) mass is 537 g/mol. The molecule has 32 heavy (non-hydrogen) atoms. The maximum atomic E-state index is 12.5. The van der Waals surface area contributed by atoms with Crippen molar-refractivity contribution in [3.63, 3.8) is 0 Å². The van der Waals surface area contributed by atoms with Crippen molar-refractivity contribution in [3.8, 4) is 5.75 Å². The average Bonchev–Trinajstić information content (AvgIpc) is 3.16. The first kappa shape index (κ1) is 24.1. The molecular weight excluding hydrogens is 518 g/mol. The van der Waals surface area contributed by atoms with E-state index in [1.54, 1.807) is 49.6 Å². The minimum Gasteiger partial charge on any atom is -0.497 e. The summed E-state index contributed by atoms with van der Waals surface area (Å²) in [4.78, 5) is 24.8. The third kappa shape index (κ3) is 6.47. The molecule has 3 aromatic rings. The maximum absolute atomic E-state index is 12.5. The molecule has 3 rings (SSSR count). The molecule has 0 aliphatic carbocycles. The lowest BCUT2D eigenvalue weighted by atomic mass is 10.3. The molecule has 0 bridgehead atoms. The summed E-state index contributed by atoms with van der Waals surface area (Å²) < 4.78 is 7.74. The van der Waals surface area contributed by atoms with Crippen molar-refractivity contribution in [1.29, 1.82) is 0 Å². The fourth-order valence-corrected chi connectivity index (χ4v) is 4.07. The zero-order valence-corrected chi connectivity index (χ0v) is 20.6. The van der Waals surface area contributed by atoms with Crippen LogP contribution < -0.4 is 15.4 Å². The van der Waals surface area contributed by atoms with Gasteiger partial charge in [0.15, 0.2) is 5.16 Å². The van der Waals surface area contributed by atoms with Gasteiger partial charge in [0, 0.05) is 28.5 Å². The minimum absolute atomic E-state index is 0.0577. The zero-order valence-electron chi connectivity index (χ0n) is 17.4. The zero-order chi connectivity index (χ0) is 23.1. The number of hydrogen-bond acceptors (Lipinski definition) is 6. The van der Waals surface area contributed by atoms with Crippen LogP contribution in [0.1, 0.15) is 12.7 Å². The SMILES string of the molecule is CCn1c(CC(=O)Nc2cccc(OC)c2)nnc1SCC(=O)Nc1ccc(Br)c(Cl)c1. The lowest BCUT2D eigenvalue weighted by Crippen LogP contribution is -2.18. The van der Waals surface area contributed by atoms with Gasteiger partial charge in [0.2, 0.25) is 11.8 Å². The maximum Gasteiger partial charge on any atom is 0.234 e. The van der Waals surface area contributed by atoms with E-state index in [4.69, 9.17) is 16.3 Å². The number of nitrogens with one attached hydrogen (secondary N) is 2. The Hall–Kier alpha value is -2.56. The normalized spacial score (nSPS) is 10.6. The predicted octanol–water partition coefficient (Wildman–Crippen LogP) is 4.63. The Morgan fingerprint density at radius 3 is 2.59 bits per heavy atom. The summed E-state index contributed by atoms with van der Waals surface area (Å²) in [5, 5.41) is 15.0. The Labute approximate surface area is 203 Å². The van der Waals surface area contributed by atoms with Gasteiger partial charge in [-0.15, -0.1) is 10.2 Å². The van der Waals surface area contributed by atoms with E-state index in [0.29, 0.717) is 39.7 Å². The second kappa shape index (κ2) is 11.3. The smallest absolute Gasteiger partial charge is 0.234 e. The fraction of sp³-hybridized carbons (Fsp3) is 0.238. The Morgan fingerprint density at radius 1 is 1.12 bits per heavy atom. The number of hydrogen-bond donors (Lipinski definition) is 2. The first-order chi connectivity index (χ1) is 15.4. The topological polar surface area (TPSA) is 98.1 Å². The van der Waals surface area contributed by atoms with Gasteiger partial charge in [-0.25, -0.2) is 0 Å². The molecule has 0 fully saturated rings. The van der Waals surface area contributed by atoms with Gasteiger partial charge in [0.25, 0.3) is 0 Å². The summed E-state index contributed by atoms with van der Waals surface area (Å²) in [5.74, 6) is 0.900. The molecule has 0 unspecified atom stereocenters. The number of aromatic nitrogens is 3. The third-order valence-electron chi connectivity index (χ3n) is 4.32. The fourth-order valence-electron chi connectivity index (χ4n) is 2.82. The van der Waals surface area contributed by atoms with Crippen LogP contribution in [0.25, 0.3) is 0 Å². The first-order valence-corrected chi connectivity index (χ1v) is 11.8. The highest BCUT2D eigenvalue weighted by molar-refractivity contribution is 9.10. The van der Waals surface area contributed by atoms with Gasteiger partial charge in [-0.3, -0.25) is 9.59 Å². The van der Waals surface area contributed by atoms with E-state index in [1.165, 1.54) is 11.8 Å². The van der Waals surface area contributed by atoms with Crippen LogP contribution in [0.15, 0.2) is 52.1 Å². The average molecular weight is 539 g/mol. The number of halogens is 2. The third-order valence-corrected chi connectivity index (χ3v) is 6.52. The second-order valence-electron chi connectivity index (χ2n) is 6.57. The molecule has 0 spiro atoms. The van der Waals surface area contributed by atoms with Gasteiger partial charge in [0.1, 0.15) is 11.6 Å². The highest BCUT2D eigenvalue weighted by Crippen LogP contribution is 2.26. The molecule has 0 saturated carbocycles. The molecule has 168 valence electrons. The van der Waals surface area contributed by atoms with E-state index in [9.17, 15) is 9.59 Å². The number of nitrogens with zero attached hydrogens (tertiary/aromatic N) is 3. The van der Waals surface area contributed by atoms with Gasteiger partial charge in [-0.05, 0) is 53.2 Å². The molecule has 0 radical (unpaired) electrons. The molecular formula is C21H21BrClN5O3S. The number of carbonyl (C=O) groups excluding carboxylic acids is 2. The Kier molecular flexibility index (Phi) is 8.54. The first-order valence-electron chi connectivity index (χ1n) is 9.63. The predicted molar refractivity (Wildman–Crippen MR) is 130 cm³/mol. The van der Waals surface area contributed by atoms with Gasteiger partial charge >= 0.3 is 0 Å². The van der Waals surface area contributed by atoms with E-state index >= 15 is 0 Å². The highest BCUT2D eigenvalue weighted by atomic mass is 79.9. The van der Waals surface area contributed by atoms with Crippen molar-refractivity contribution in [2.45, 2.75) is 25.0 Å². The largest absolute Gasteiger partial charge is 0.497 e. The summed E-state index contributed by atoms with van der Waals surface area (Å²) in [5.41, 5.74) is 1.24. The van der Waals surface area contributed by atoms with Crippen LogP contribution in [-0.4, -0.2) is 39.4 Å². The Morgan fingerprint density at radius 2 is 1.88 bits per heavy atom. The van der Waals surface area contributed by atoms with Gasteiger partial charge in [-0.1, -0.05) is 29.4 Å². The molecule has 1 heterocycles. The van der Waals surface area contributed by atoms with Crippen molar-refractivity contribution in [3.05, 3.63) is 57.8 Å². The molecule has 0 aliphatic heterocycles. The Bertz CT molecular complexity index is 1120. The van der Waals surface area contributed by atoms with Crippen LogP contribution in [0.3, 0.4) is 0 Å². The lowest BCUT2D eigenvalue weighted by molar-refractivity contribution is -0.116. The van der Waals surface area contributed by atoms with Crippen molar-refractivity contribution in [2.75, 3.05) is 23.5 Å². The van der Waals surface area contributed by atoms with E-state index in [-0.39, 0.29) is 24.0 Å². The van der Waals surface area contributed by atoms with Gasteiger partial charge < -0.3 is 19.9 Å². The van der Waals surface area contributed by atoms with E-state index in [2.05, 4.69) is 36.8 Å². The number of carbonyl (C=O) groups is 2. The molecule has 0 aliphatic rings. The minimum atomic E-state index is -0.221. The number of ether oxygens (including phenoxy) is 1. The lowest BCUT2D eigenvalue weighted by Gasteiger charge is -2.09. The van der Waals surface area contributed by atoms with Gasteiger partial charge in [-0.2, -0.15) is 0 Å². The van der Waals surface area contributed by atoms with Crippen molar-refractivity contribution in [2.24, 2.45) is 0 Å².